The van der Waals surface area contributed by atoms with E-state index in [0.29, 0.717) is 13.0 Å². The molecule has 0 aliphatic carbocycles. The van der Waals surface area contributed by atoms with Gasteiger partial charge in [-0.15, -0.1) is 0 Å². The van der Waals surface area contributed by atoms with Gasteiger partial charge in [-0.2, -0.15) is 0 Å². The number of benzene rings is 2. The summed E-state index contributed by atoms with van der Waals surface area (Å²) in [4.78, 5) is 2.02. The zero-order valence-electron chi connectivity index (χ0n) is 12.3. The van der Waals surface area contributed by atoms with E-state index in [4.69, 9.17) is 5.73 Å². The van der Waals surface area contributed by atoms with Crippen LogP contribution >= 0.6 is 0 Å². The first-order chi connectivity index (χ1) is 10.0. The predicted molar refractivity (Wildman–Crippen MR) is 82.8 cm³/mol. The normalized spacial score (nSPS) is 12.2. The second-order valence-electron chi connectivity index (χ2n) is 5.18. The van der Waals surface area contributed by atoms with Gasteiger partial charge in [0.25, 0.3) is 0 Å². The monoisotopic (exact) mass is 290 g/mol. The van der Waals surface area contributed by atoms with Gasteiger partial charge in [-0.25, -0.2) is 8.78 Å². The van der Waals surface area contributed by atoms with E-state index in [-0.39, 0.29) is 17.7 Å². The molecule has 0 aliphatic rings. The van der Waals surface area contributed by atoms with Gasteiger partial charge in [-0.05, 0) is 68.3 Å². The minimum absolute atomic E-state index is 0.0579. The van der Waals surface area contributed by atoms with E-state index in [1.54, 1.807) is 18.2 Å². The molecule has 2 rings (SSSR count). The smallest absolute Gasteiger partial charge is 0.123 e. The summed E-state index contributed by atoms with van der Waals surface area (Å²) in [6.45, 7) is 4.59. The second-order valence-corrected chi connectivity index (χ2v) is 5.18. The van der Waals surface area contributed by atoms with Gasteiger partial charge < -0.3 is 10.6 Å². The Bertz CT molecular complexity index is 594. The van der Waals surface area contributed by atoms with Crippen LogP contribution in [0.3, 0.4) is 0 Å². The quantitative estimate of drug-likeness (QED) is 0.901. The van der Waals surface area contributed by atoms with Gasteiger partial charge in [0.1, 0.15) is 11.6 Å². The van der Waals surface area contributed by atoms with Gasteiger partial charge >= 0.3 is 0 Å². The highest BCUT2D eigenvalue weighted by molar-refractivity contribution is 5.66. The van der Waals surface area contributed by atoms with Crippen LogP contribution in [0.25, 0.3) is 0 Å². The van der Waals surface area contributed by atoms with E-state index in [9.17, 15) is 8.78 Å². The van der Waals surface area contributed by atoms with E-state index in [1.807, 2.05) is 18.7 Å². The number of rotatable bonds is 5. The van der Waals surface area contributed by atoms with Crippen LogP contribution in [0, 0.1) is 11.6 Å². The molecule has 0 saturated heterocycles. The molecule has 2 N–H and O–H groups in total. The van der Waals surface area contributed by atoms with E-state index in [0.717, 1.165) is 16.9 Å². The molecule has 0 spiro atoms. The molecule has 0 radical (unpaired) electrons. The van der Waals surface area contributed by atoms with Gasteiger partial charge in [0.15, 0.2) is 0 Å². The molecule has 2 aromatic rings. The Balaban J connectivity index is 2.43. The number of halogens is 2. The van der Waals surface area contributed by atoms with Crippen LogP contribution < -0.4 is 10.6 Å². The highest BCUT2D eigenvalue weighted by Crippen LogP contribution is 2.30. The molecule has 4 heteroatoms. The second kappa shape index (κ2) is 6.68. The maximum Gasteiger partial charge on any atom is 0.123 e. The van der Waals surface area contributed by atoms with Gasteiger partial charge in [0, 0.05) is 24.0 Å². The fraction of sp³-hybridized carbons (Fsp3) is 0.294. The number of nitrogens with two attached hydrogens (primary N) is 1. The summed E-state index contributed by atoms with van der Waals surface area (Å²) in [5.74, 6) is -0.547. The standard InChI is InChI=1S/C17H20F2N2/c1-3-21(16-7-4-14(18)5-8-16)17-9-6-15(19)11-13(17)10-12(2)20/h4-9,11-12H,3,10,20H2,1-2H3. The Morgan fingerprint density at radius 3 is 2.24 bits per heavy atom. The van der Waals surface area contributed by atoms with Crippen LogP contribution in [0.15, 0.2) is 42.5 Å². The van der Waals surface area contributed by atoms with Gasteiger partial charge in [-0.3, -0.25) is 0 Å². The molecular formula is C17H20F2N2. The van der Waals surface area contributed by atoms with Crippen molar-refractivity contribution >= 4 is 11.4 Å². The lowest BCUT2D eigenvalue weighted by Gasteiger charge is -2.26. The number of anilines is 2. The third-order valence-electron chi connectivity index (χ3n) is 3.33. The molecule has 21 heavy (non-hydrogen) atoms. The van der Waals surface area contributed by atoms with E-state index in [2.05, 4.69) is 0 Å². The molecule has 0 aromatic heterocycles. The maximum atomic E-state index is 13.5. The van der Waals surface area contributed by atoms with Crippen molar-refractivity contribution in [2.45, 2.75) is 26.3 Å². The van der Waals surface area contributed by atoms with Gasteiger partial charge in [-0.1, -0.05) is 0 Å². The number of hydrogen-bond acceptors (Lipinski definition) is 2. The predicted octanol–water partition coefficient (Wildman–Crippen LogP) is 4.01. The van der Waals surface area contributed by atoms with Crippen LogP contribution in [-0.4, -0.2) is 12.6 Å². The Hall–Kier alpha value is -1.94. The van der Waals surface area contributed by atoms with Crippen molar-refractivity contribution in [1.82, 2.24) is 0 Å². The van der Waals surface area contributed by atoms with Crippen molar-refractivity contribution in [1.29, 1.82) is 0 Å². The van der Waals surface area contributed by atoms with Crippen molar-refractivity contribution in [3.8, 4) is 0 Å². The fourth-order valence-corrected chi connectivity index (χ4v) is 2.44. The van der Waals surface area contributed by atoms with E-state index >= 15 is 0 Å². The first kappa shape index (κ1) is 15.4. The van der Waals surface area contributed by atoms with Crippen LogP contribution in [0.5, 0.6) is 0 Å². The third-order valence-corrected chi connectivity index (χ3v) is 3.33. The molecule has 112 valence electrons. The van der Waals surface area contributed by atoms with Crippen LogP contribution in [0.1, 0.15) is 19.4 Å². The Labute approximate surface area is 124 Å². The molecular weight excluding hydrogens is 270 g/mol. The summed E-state index contributed by atoms with van der Waals surface area (Å²) < 4.78 is 26.6. The summed E-state index contributed by atoms with van der Waals surface area (Å²) >= 11 is 0. The molecule has 0 bridgehead atoms. The van der Waals surface area contributed by atoms with Crippen molar-refractivity contribution < 1.29 is 8.78 Å². The molecule has 0 fully saturated rings. The Kier molecular flexibility index (Phi) is 4.91. The zero-order chi connectivity index (χ0) is 15.4. The van der Waals surface area contributed by atoms with E-state index < -0.39 is 0 Å². The van der Waals surface area contributed by atoms with Crippen molar-refractivity contribution in [3.05, 3.63) is 59.7 Å². The SMILES string of the molecule is CCN(c1ccc(F)cc1)c1ccc(F)cc1CC(C)N. The summed E-state index contributed by atoms with van der Waals surface area (Å²) in [5, 5.41) is 0. The molecule has 2 aromatic carbocycles. The maximum absolute atomic E-state index is 13.5. The average molecular weight is 290 g/mol. The van der Waals surface area contributed by atoms with E-state index in [1.165, 1.54) is 24.3 Å². The third kappa shape index (κ3) is 3.79. The summed E-state index contributed by atoms with van der Waals surface area (Å²) in [5.41, 5.74) is 8.49. The van der Waals surface area contributed by atoms with Crippen LogP contribution in [0.2, 0.25) is 0 Å². The molecule has 2 nitrogen and oxygen atoms in total. The lowest BCUT2D eigenvalue weighted by atomic mass is 10.0. The lowest BCUT2D eigenvalue weighted by molar-refractivity contribution is 0.622. The first-order valence-corrected chi connectivity index (χ1v) is 7.08. The number of nitrogens with zero attached hydrogens (tertiary/aromatic N) is 1. The molecule has 0 aliphatic heterocycles. The Morgan fingerprint density at radius 1 is 1.05 bits per heavy atom. The van der Waals surface area contributed by atoms with Crippen LogP contribution in [0.4, 0.5) is 20.2 Å². The molecule has 0 heterocycles. The van der Waals surface area contributed by atoms with Gasteiger partial charge in [0.05, 0.1) is 0 Å². The topological polar surface area (TPSA) is 29.3 Å². The fourth-order valence-electron chi connectivity index (χ4n) is 2.44. The van der Waals surface area contributed by atoms with Gasteiger partial charge in [0.2, 0.25) is 0 Å². The van der Waals surface area contributed by atoms with Crippen molar-refractivity contribution in [3.63, 3.8) is 0 Å². The first-order valence-electron chi connectivity index (χ1n) is 7.08. The minimum atomic E-state index is -0.274. The summed E-state index contributed by atoms with van der Waals surface area (Å²) in [6.07, 6.45) is 0.588. The van der Waals surface area contributed by atoms with Crippen LogP contribution in [-0.2, 0) is 6.42 Å². The zero-order valence-corrected chi connectivity index (χ0v) is 12.3. The Morgan fingerprint density at radius 2 is 1.67 bits per heavy atom. The highest BCUT2D eigenvalue weighted by Gasteiger charge is 2.14. The molecule has 1 unspecified atom stereocenters. The summed E-state index contributed by atoms with van der Waals surface area (Å²) in [7, 11) is 0. The largest absolute Gasteiger partial charge is 0.342 e. The van der Waals surface area contributed by atoms with Crippen molar-refractivity contribution in [2.75, 3.05) is 11.4 Å². The number of hydrogen-bond donors (Lipinski definition) is 1. The molecule has 0 amide bonds. The molecule has 1 atom stereocenters. The minimum Gasteiger partial charge on any atom is -0.342 e. The average Bonchev–Trinajstić information content (AvgIpc) is 2.43. The molecule has 0 saturated carbocycles. The van der Waals surface area contributed by atoms with Crippen molar-refractivity contribution in [2.24, 2.45) is 5.73 Å². The summed E-state index contributed by atoms with van der Waals surface area (Å²) in [6, 6.07) is 10.9. The lowest BCUT2D eigenvalue weighted by Crippen LogP contribution is -2.22. The highest BCUT2D eigenvalue weighted by atomic mass is 19.1.